The van der Waals surface area contributed by atoms with Gasteiger partial charge in [-0.2, -0.15) is 0 Å². The van der Waals surface area contributed by atoms with Gasteiger partial charge in [0.2, 0.25) is 0 Å². The third-order valence-electron chi connectivity index (χ3n) is 2.71. The number of nitrogens with two attached hydrogens (primary N) is 1. The van der Waals surface area contributed by atoms with E-state index in [1.165, 1.54) is 0 Å². The molecular weight excluding hydrogens is 308 g/mol. The van der Waals surface area contributed by atoms with E-state index in [9.17, 15) is 4.79 Å². The number of benzene rings is 2. The van der Waals surface area contributed by atoms with E-state index in [0.717, 1.165) is 4.90 Å². The van der Waals surface area contributed by atoms with Crippen molar-refractivity contribution in [1.82, 2.24) is 0 Å². The first-order valence-corrected chi connectivity index (χ1v) is 7.80. The zero-order valence-corrected chi connectivity index (χ0v) is 13.0. The Morgan fingerprint density at radius 1 is 1.29 bits per heavy atom. The van der Waals surface area contributed by atoms with Crippen LogP contribution in [0.1, 0.15) is 0 Å². The maximum atomic E-state index is 11.8. The normalized spacial score (nSPS) is 10.2. The lowest BCUT2D eigenvalue weighted by molar-refractivity contribution is -0.118. The summed E-state index contributed by atoms with van der Waals surface area (Å²) >= 11 is 7.47. The standard InChI is InChI=1S/C15H15ClN2O2S/c1-21-12-5-3-11(4-6-12)20-9-15(19)18-10-2-7-13(16)14(17)8-10/h2-8H,9,17H2,1H3,(H,18,19). The fourth-order valence-corrected chi connectivity index (χ4v) is 2.17. The van der Waals surface area contributed by atoms with Crippen LogP contribution in [0.15, 0.2) is 47.4 Å². The highest BCUT2D eigenvalue weighted by Crippen LogP contribution is 2.22. The van der Waals surface area contributed by atoms with Gasteiger partial charge in [0.25, 0.3) is 5.91 Å². The molecule has 0 spiro atoms. The molecular formula is C15H15ClN2O2S. The number of nitrogens with one attached hydrogen (secondary N) is 1. The Morgan fingerprint density at radius 3 is 2.62 bits per heavy atom. The molecule has 0 aromatic heterocycles. The van der Waals surface area contributed by atoms with Crippen LogP contribution in [0.2, 0.25) is 5.02 Å². The first-order chi connectivity index (χ1) is 10.1. The van der Waals surface area contributed by atoms with E-state index in [1.54, 1.807) is 30.0 Å². The molecule has 0 aliphatic heterocycles. The number of rotatable bonds is 5. The van der Waals surface area contributed by atoms with Gasteiger partial charge in [0.1, 0.15) is 5.75 Å². The van der Waals surface area contributed by atoms with Crippen LogP contribution in [-0.4, -0.2) is 18.8 Å². The Labute approximate surface area is 132 Å². The van der Waals surface area contributed by atoms with Crippen LogP contribution in [0.4, 0.5) is 11.4 Å². The van der Waals surface area contributed by atoms with Crippen molar-refractivity contribution in [1.29, 1.82) is 0 Å². The van der Waals surface area contributed by atoms with Gasteiger partial charge in [0.05, 0.1) is 10.7 Å². The molecule has 6 heteroatoms. The SMILES string of the molecule is CSc1ccc(OCC(=O)Nc2ccc(Cl)c(N)c2)cc1. The summed E-state index contributed by atoms with van der Waals surface area (Å²) in [4.78, 5) is 12.9. The van der Waals surface area contributed by atoms with Gasteiger partial charge in [-0.15, -0.1) is 11.8 Å². The van der Waals surface area contributed by atoms with E-state index in [-0.39, 0.29) is 12.5 Å². The number of ether oxygens (including phenoxy) is 1. The molecule has 0 saturated carbocycles. The number of thioether (sulfide) groups is 1. The summed E-state index contributed by atoms with van der Waals surface area (Å²) in [5.74, 6) is 0.393. The van der Waals surface area contributed by atoms with Crippen molar-refractivity contribution >= 4 is 40.6 Å². The maximum absolute atomic E-state index is 11.8. The highest BCUT2D eigenvalue weighted by atomic mass is 35.5. The topological polar surface area (TPSA) is 64.3 Å². The van der Waals surface area contributed by atoms with E-state index in [2.05, 4.69) is 5.32 Å². The molecule has 21 heavy (non-hydrogen) atoms. The summed E-state index contributed by atoms with van der Waals surface area (Å²) in [5.41, 5.74) is 6.68. The van der Waals surface area contributed by atoms with Crippen molar-refractivity contribution in [2.24, 2.45) is 0 Å². The molecule has 4 nitrogen and oxygen atoms in total. The first-order valence-electron chi connectivity index (χ1n) is 6.20. The number of carbonyl (C=O) groups is 1. The van der Waals surface area contributed by atoms with Crippen molar-refractivity contribution in [2.75, 3.05) is 23.9 Å². The van der Waals surface area contributed by atoms with Crippen LogP contribution in [0.25, 0.3) is 0 Å². The first kappa shape index (κ1) is 15.5. The highest BCUT2D eigenvalue weighted by molar-refractivity contribution is 7.98. The molecule has 0 unspecified atom stereocenters. The second-order valence-corrected chi connectivity index (χ2v) is 5.54. The molecule has 2 aromatic rings. The molecule has 0 fully saturated rings. The van der Waals surface area contributed by atoms with Crippen LogP contribution >= 0.6 is 23.4 Å². The van der Waals surface area contributed by atoms with E-state index < -0.39 is 0 Å². The summed E-state index contributed by atoms with van der Waals surface area (Å²) in [6.07, 6.45) is 2.00. The van der Waals surface area contributed by atoms with Gasteiger partial charge in [-0.25, -0.2) is 0 Å². The highest BCUT2D eigenvalue weighted by Gasteiger charge is 2.05. The summed E-state index contributed by atoms with van der Waals surface area (Å²) in [5, 5.41) is 3.15. The van der Waals surface area contributed by atoms with Crippen molar-refractivity contribution in [3.05, 3.63) is 47.5 Å². The smallest absolute Gasteiger partial charge is 0.262 e. The molecule has 0 radical (unpaired) electrons. The Bertz CT molecular complexity index is 632. The van der Waals surface area contributed by atoms with Crippen molar-refractivity contribution in [3.63, 3.8) is 0 Å². The summed E-state index contributed by atoms with van der Waals surface area (Å²) in [6.45, 7) is -0.0683. The number of anilines is 2. The molecule has 2 rings (SSSR count). The number of nitrogen functional groups attached to an aromatic ring is 1. The molecule has 0 aliphatic rings. The van der Waals surface area contributed by atoms with Gasteiger partial charge in [-0.05, 0) is 48.7 Å². The van der Waals surface area contributed by atoms with E-state index in [0.29, 0.717) is 22.1 Å². The summed E-state index contributed by atoms with van der Waals surface area (Å²) < 4.78 is 5.41. The zero-order chi connectivity index (χ0) is 15.2. The molecule has 0 aliphatic carbocycles. The average molecular weight is 323 g/mol. The third kappa shape index (κ3) is 4.58. The van der Waals surface area contributed by atoms with Gasteiger partial charge >= 0.3 is 0 Å². The maximum Gasteiger partial charge on any atom is 0.262 e. The Balaban J connectivity index is 1.87. The minimum absolute atomic E-state index is 0.0683. The van der Waals surface area contributed by atoms with Crippen molar-refractivity contribution in [3.8, 4) is 5.75 Å². The minimum atomic E-state index is -0.259. The third-order valence-corrected chi connectivity index (χ3v) is 3.80. The quantitative estimate of drug-likeness (QED) is 0.651. The number of halogens is 1. The molecule has 0 saturated heterocycles. The largest absolute Gasteiger partial charge is 0.484 e. The molecule has 110 valence electrons. The van der Waals surface area contributed by atoms with Crippen molar-refractivity contribution < 1.29 is 9.53 Å². The lowest BCUT2D eigenvalue weighted by Gasteiger charge is -2.09. The number of hydrogen-bond donors (Lipinski definition) is 2. The van der Waals surface area contributed by atoms with Gasteiger partial charge < -0.3 is 15.8 Å². The summed E-state index contributed by atoms with van der Waals surface area (Å²) in [6, 6.07) is 12.5. The fourth-order valence-electron chi connectivity index (χ4n) is 1.64. The Kier molecular flexibility index (Phi) is 5.36. The molecule has 0 heterocycles. The Hall–Kier alpha value is -1.85. The lowest BCUT2D eigenvalue weighted by atomic mass is 10.3. The predicted octanol–water partition coefficient (Wildman–Crippen LogP) is 3.66. The second kappa shape index (κ2) is 7.24. The molecule has 2 aromatic carbocycles. The van der Waals surface area contributed by atoms with E-state index >= 15 is 0 Å². The van der Waals surface area contributed by atoms with Gasteiger partial charge in [-0.1, -0.05) is 11.6 Å². The average Bonchev–Trinajstić information content (AvgIpc) is 2.49. The van der Waals surface area contributed by atoms with Crippen LogP contribution in [0.5, 0.6) is 5.75 Å². The monoisotopic (exact) mass is 322 g/mol. The Morgan fingerprint density at radius 2 is 2.00 bits per heavy atom. The molecule has 0 atom stereocenters. The fraction of sp³-hybridized carbons (Fsp3) is 0.133. The second-order valence-electron chi connectivity index (χ2n) is 4.25. The molecule has 1 amide bonds. The van der Waals surface area contributed by atoms with Crippen molar-refractivity contribution in [2.45, 2.75) is 4.90 Å². The predicted molar refractivity (Wildman–Crippen MR) is 88.2 cm³/mol. The number of amides is 1. The van der Waals surface area contributed by atoms with Crippen LogP contribution in [0.3, 0.4) is 0 Å². The number of hydrogen-bond acceptors (Lipinski definition) is 4. The van der Waals surface area contributed by atoms with Gasteiger partial charge in [0, 0.05) is 10.6 Å². The van der Waals surface area contributed by atoms with Gasteiger partial charge in [0.15, 0.2) is 6.61 Å². The molecule has 0 bridgehead atoms. The minimum Gasteiger partial charge on any atom is -0.484 e. The lowest BCUT2D eigenvalue weighted by Crippen LogP contribution is -2.20. The zero-order valence-electron chi connectivity index (χ0n) is 11.4. The van der Waals surface area contributed by atoms with E-state index in [1.807, 2.05) is 30.5 Å². The summed E-state index contributed by atoms with van der Waals surface area (Å²) in [7, 11) is 0. The molecule has 3 N–H and O–H groups in total. The van der Waals surface area contributed by atoms with Crippen LogP contribution in [0, 0.1) is 0 Å². The van der Waals surface area contributed by atoms with Crippen LogP contribution < -0.4 is 15.8 Å². The van der Waals surface area contributed by atoms with E-state index in [4.69, 9.17) is 22.1 Å². The van der Waals surface area contributed by atoms with Crippen LogP contribution in [-0.2, 0) is 4.79 Å². The number of carbonyl (C=O) groups excluding carboxylic acids is 1. The van der Waals surface area contributed by atoms with Gasteiger partial charge in [-0.3, -0.25) is 4.79 Å².